The van der Waals surface area contributed by atoms with Crippen LogP contribution in [-0.4, -0.2) is 38.0 Å². The van der Waals surface area contributed by atoms with Crippen molar-refractivity contribution >= 4 is 34.7 Å². The molecular weight excluding hydrogens is 451 g/mol. The van der Waals surface area contributed by atoms with Crippen LogP contribution in [-0.2, 0) is 9.59 Å². The molecule has 34 heavy (non-hydrogen) atoms. The minimum absolute atomic E-state index is 0.0435. The maximum absolute atomic E-state index is 13.6. The van der Waals surface area contributed by atoms with Gasteiger partial charge in [-0.1, -0.05) is 0 Å². The molecular formula is C21H17FN6O6. The summed E-state index contributed by atoms with van der Waals surface area (Å²) < 4.78 is 15.1. The highest BCUT2D eigenvalue weighted by Gasteiger charge is 2.36. The molecule has 12 nitrogen and oxygen atoms in total. The number of benzene rings is 2. The van der Waals surface area contributed by atoms with E-state index in [1.165, 1.54) is 39.9 Å². The number of nitro groups is 2. The molecule has 1 saturated heterocycles. The van der Waals surface area contributed by atoms with Crippen LogP contribution in [0.4, 0.5) is 27.3 Å². The molecule has 1 N–H and O–H groups in total. The van der Waals surface area contributed by atoms with Crippen molar-refractivity contribution in [1.82, 2.24) is 9.78 Å². The molecule has 0 radical (unpaired) electrons. The number of nitrogens with one attached hydrogen (secondary N) is 1. The Morgan fingerprint density at radius 1 is 1.09 bits per heavy atom. The molecule has 1 aliphatic heterocycles. The van der Waals surface area contributed by atoms with Gasteiger partial charge in [0.15, 0.2) is 0 Å². The monoisotopic (exact) mass is 468 g/mol. The first kappa shape index (κ1) is 22.5. The number of rotatable bonds is 6. The molecule has 2 aromatic carbocycles. The SMILES string of the molecule is Cc1cc(NC(=O)C2CC(=O)N(c3ccc(F)c([N+](=O)[O-])c3)C2)n(-c2ccc([N+](=O)[O-])cc2)n1. The Morgan fingerprint density at radius 2 is 1.76 bits per heavy atom. The van der Waals surface area contributed by atoms with E-state index in [0.717, 1.165) is 12.1 Å². The van der Waals surface area contributed by atoms with Gasteiger partial charge in [-0.05, 0) is 31.2 Å². The number of hydrogen-bond acceptors (Lipinski definition) is 7. The van der Waals surface area contributed by atoms with Crippen molar-refractivity contribution in [2.45, 2.75) is 13.3 Å². The summed E-state index contributed by atoms with van der Waals surface area (Å²) in [5.41, 5.74) is 0.331. The van der Waals surface area contributed by atoms with Gasteiger partial charge in [-0.25, -0.2) is 4.68 Å². The van der Waals surface area contributed by atoms with Gasteiger partial charge in [-0.15, -0.1) is 0 Å². The molecule has 0 saturated carbocycles. The zero-order chi connectivity index (χ0) is 24.6. The fourth-order valence-electron chi connectivity index (χ4n) is 3.67. The summed E-state index contributed by atoms with van der Waals surface area (Å²) in [6.45, 7) is 1.66. The van der Waals surface area contributed by atoms with E-state index in [1.54, 1.807) is 13.0 Å². The molecule has 2 heterocycles. The number of nitro benzene ring substituents is 2. The lowest BCUT2D eigenvalue weighted by molar-refractivity contribution is -0.387. The quantitative estimate of drug-likeness (QED) is 0.431. The van der Waals surface area contributed by atoms with Gasteiger partial charge in [0.25, 0.3) is 5.69 Å². The number of nitrogens with zero attached hydrogens (tertiary/aromatic N) is 5. The Bertz CT molecular complexity index is 1320. The van der Waals surface area contributed by atoms with E-state index in [9.17, 15) is 34.2 Å². The molecule has 1 aromatic heterocycles. The minimum Gasteiger partial charge on any atom is -0.311 e. The standard InChI is InChI=1S/C21H17FN6O6/c1-12-8-19(26(24-12)14-2-4-15(5-3-14)27(31)32)23-21(30)13-9-20(29)25(11-13)16-6-7-17(22)18(10-16)28(33)34/h2-8,10,13H,9,11H2,1H3,(H,23,30). The van der Waals surface area contributed by atoms with Crippen molar-refractivity contribution in [3.05, 3.63) is 80.3 Å². The fraction of sp³-hybridized carbons (Fsp3) is 0.190. The second-order valence-electron chi connectivity index (χ2n) is 7.64. The first-order valence-electron chi connectivity index (χ1n) is 10.0. The second kappa shape index (κ2) is 8.69. The Hall–Kier alpha value is -4.68. The first-order chi connectivity index (χ1) is 16.1. The molecule has 1 aliphatic rings. The average molecular weight is 468 g/mol. The molecule has 4 rings (SSSR count). The van der Waals surface area contributed by atoms with Crippen molar-refractivity contribution < 1.29 is 23.8 Å². The Kier molecular flexibility index (Phi) is 5.75. The molecule has 2 amide bonds. The van der Waals surface area contributed by atoms with Gasteiger partial charge < -0.3 is 10.2 Å². The number of carbonyl (C=O) groups is 2. The molecule has 1 fully saturated rings. The van der Waals surface area contributed by atoms with Crippen LogP contribution in [0.25, 0.3) is 5.69 Å². The second-order valence-corrected chi connectivity index (χ2v) is 7.64. The molecule has 13 heteroatoms. The zero-order valence-electron chi connectivity index (χ0n) is 17.7. The van der Waals surface area contributed by atoms with Crippen LogP contribution in [0.15, 0.2) is 48.5 Å². The van der Waals surface area contributed by atoms with E-state index >= 15 is 0 Å². The minimum atomic E-state index is -1.02. The zero-order valence-corrected chi connectivity index (χ0v) is 17.7. The highest BCUT2D eigenvalue weighted by molar-refractivity contribution is 6.03. The Morgan fingerprint density at radius 3 is 2.41 bits per heavy atom. The van der Waals surface area contributed by atoms with Crippen molar-refractivity contribution in [3.8, 4) is 5.69 Å². The van der Waals surface area contributed by atoms with E-state index in [1.807, 2.05) is 0 Å². The molecule has 0 aliphatic carbocycles. The van der Waals surface area contributed by atoms with Crippen molar-refractivity contribution in [2.24, 2.45) is 5.92 Å². The number of non-ortho nitro benzene ring substituents is 1. The summed E-state index contributed by atoms with van der Waals surface area (Å²) in [6.07, 6.45) is -0.137. The summed E-state index contributed by atoms with van der Waals surface area (Å²) in [4.78, 5) is 47.1. The molecule has 1 atom stereocenters. The summed E-state index contributed by atoms with van der Waals surface area (Å²) in [6, 6.07) is 10.3. The topological polar surface area (TPSA) is 154 Å². The van der Waals surface area contributed by atoms with Gasteiger partial charge >= 0.3 is 5.69 Å². The number of anilines is 2. The van der Waals surface area contributed by atoms with Gasteiger partial charge in [0.2, 0.25) is 17.6 Å². The van der Waals surface area contributed by atoms with Crippen LogP contribution >= 0.6 is 0 Å². The molecule has 0 spiro atoms. The predicted molar refractivity (Wildman–Crippen MR) is 117 cm³/mol. The van der Waals surface area contributed by atoms with Crippen LogP contribution in [0.1, 0.15) is 12.1 Å². The number of carbonyl (C=O) groups excluding carboxylic acids is 2. The molecule has 3 aromatic rings. The smallest absolute Gasteiger partial charge is 0.306 e. The van der Waals surface area contributed by atoms with Crippen LogP contribution in [0, 0.1) is 38.9 Å². The van der Waals surface area contributed by atoms with Gasteiger partial charge in [0, 0.05) is 37.2 Å². The largest absolute Gasteiger partial charge is 0.311 e. The van der Waals surface area contributed by atoms with E-state index in [-0.39, 0.29) is 24.3 Å². The van der Waals surface area contributed by atoms with Gasteiger partial charge in [0.1, 0.15) is 5.82 Å². The van der Waals surface area contributed by atoms with E-state index < -0.39 is 39.1 Å². The van der Waals surface area contributed by atoms with Crippen LogP contribution in [0.5, 0.6) is 0 Å². The highest BCUT2D eigenvalue weighted by atomic mass is 19.1. The van der Waals surface area contributed by atoms with Gasteiger partial charge in [-0.2, -0.15) is 9.49 Å². The maximum atomic E-state index is 13.6. The Labute approximate surface area is 190 Å². The fourth-order valence-corrected chi connectivity index (χ4v) is 3.67. The third-order valence-corrected chi connectivity index (χ3v) is 5.32. The van der Waals surface area contributed by atoms with E-state index in [0.29, 0.717) is 17.2 Å². The first-order valence-corrected chi connectivity index (χ1v) is 10.0. The normalized spacial score (nSPS) is 15.4. The molecule has 0 bridgehead atoms. The lowest BCUT2D eigenvalue weighted by Gasteiger charge is -2.17. The van der Waals surface area contributed by atoms with Crippen molar-refractivity contribution in [3.63, 3.8) is 0 Å². The van der Waals surface area contributed by atoms with Crippen LogP contribution in [0.3, 0.4) is 0 Å². The van der Waals surface area contributed by atoms with Crippen LogP contribution in [0.2, 0.25) is 0 Å². The van der Waals surface area contributed by atoms with E-state index in [4.69, 9.17) is 0 Å². The highest BCUT2D eigenvalue weighted by Crippen LogP contribution is 2.30. The summed E-state index contributed by atoms with van der Waals surface area (Å²) in [7, 11) is 0. The lowest BCUT2D eigenvalue weighted by Crippen LogP contribution is -2.28. The van der Waals surface area contributed by atoms with Crippen LogP contribution < -0.4 is 10.2 Å². The van der Waals surface area contributed by atoms with Crippen molar-refractivity contribution in [1.29, 1.82) is 0 Å². The number of aryl methyl sites for hydroxylation is 1. The Balaban J connectivity index is 1.52. The van der Waals surface area contributed by atoms with Crippen molar-refractivity contribution in [2.75, 3.05) is 16.8 Å². The molecule has 174 valence electrons. The number of halogens is 1. The number of hydrogen-bond donors (Lipinski definition) is 1. The predicted octanol–water partition coefficient (Wildman–Crippen LogP) is 3.13. The molecule has 1 unspecified atom stereocenters. The van der Waals surface area contributed by atoms with Gasteiger partial charge in [-0.3, -0.25) is 29.8 Å². The summed E-state index contributed by atoms with van der Waals surface area (Å²) in [5.74, 6) is -2.39. The number of amides is 2. The lowest BCUT2D eigenvalue weighted by atomic mass is 10.1. The number of aromatic nitrogens is 2. The summed E-state index contributed by atoms with van der Waals surface area (Å²) >= 11 is 0. The average Bonchev–Trinajstić information content (AvgIpc) is 3.36. The third kappa shape index (κ3) is 4.30. The third-order valence-electron chi connectivity index (χ3n) is 5.32. The maximum Gasteiger partial charge on any atom is 0.306 e. The summed E-state index contributed by atoms with van der Waals surface area (Å²) in [5, 5.41) is 28.9. The van der Waals surface area contributed by atoms with Gasteiger partial charge in [0.05, 0.1) is 32.8 Å². The van der Waals surface area contributed by atoms with E-state index in [2.05, 4.69) is 10.4 Å².